The van der Waals surface area contributed by atoms with Crippen LogP contribution in [0, 0.1) is 0 Å². The predicted octanol–water partition coefficient (Wildman–Crippen LogP) is 2.69. The van der Waals surface area contributed by atoms with Crippen molar-refractivity contribution >= 4 is 43.2 Å². The molecule has 0 unspecified atom stereocenters. The van der Waals surface area contributed by atoms with Crippen molar-refractivity contribution in [2.45, 2.75) is 4.90 Å². The summed E-state index contributed by atoms with van der Waals surface area (Å²) in [5.41, 5.74) is 0.337. The summed E-state index contributed by atoms with van der Waals surface area (Å²) in [5, 5.41) is -0.0760. The normalized spacial score (nSPS) is 11.2. The topological polar surface area (TPSA) is 72.0 Å². The van der Waals surface area contributed by atoms with Crippen LogP contribution in [0.5, 0.6) is 0 Å². The summed E-state index contributed by atoms with van der Waals surface area (Å²) in [6.07, 6.45) is 4.36. The second-order valence-corrected chi connectivity index (χ2v) is 6.21. The van der Waals surface area contributed by atoms with Crippen LogP contribution in [0.3, 0.4) is 0 Å². The van der Waals surface area contributed by atoms with Crippen LogP contribution < -0.4 is 4.72 Å². The molecule has 0 saturated carbocycles. The SMILES string of the molecule is O=S(=O)(Nc1cncc(Br)c1)c1cccnc1Cl. The predicted molar refractivity (Wildman–Crippen MR) is 72.0 cm³/mol. The van der Waals surface area contributed by atoms with Crippen LogP contribution in [0.15, 0.2) is 46.2 Å². The summed E-state index contributed by atoms with van der Waals surface area (Å²) >= 11 is 8.96. The standard InChI is InChI=1S/C10H7BrClN3O2S/c11-7-4-8(6-13-5-7)15-18(16,17)9-2-1-3-14-10(9)12/h1-6,15H. The zero-order valence-electron chi connectivity index (χ0n) is 8.84. The average Bonchev–Trinajstić information content (AvgIpc) is 2.28. The Morgan fingerprint density at radius 2 is 2.11 bits per heavy atom. The molecule has 0 fully saturated rings. The Morgan fingerprint density at radius 3 is 2.78 bits per heavy atom. The minimum atomic E-state index is -3.77. The van der Waals surface area contributed by atoms with Crippen molar-refractivity contribution < 1.29 is 8.42 Å². The largest absolute Gasteiger partial charge is 0.278 e. The Labute approximate surface area is 117 Å². The lowest BCUT2D eigenvalue weighted by Gasteiger charge is -2.08. The number of hydrogen-bond donors (Lipinski definition) is 1. The van der Waals surface area contributed by atoms with Gasteiger partial charge in [0.15, 0.2) is 0 Å². The summed E-state index contributed by atoms with van der Waals surface area (Å²) in [7, 11) is -3.77. The van der Waals surface area contributed by atoms with Gasteiger partial charge in [-0.25, -0.2) is 13.4 Å². The number of rotatable bonds is 3. The zero-order chi connectivity index (χ0) is 13.2. The number of nitrogens with zero attached hydrogens (tertiary/aromatic N) is 2. The molecule has 18 heavy (non-hydrogen) atoms. The summed E-state index contributed by atoms with van der Waals surface area (Å²) in [4.78, 5) is 7.51. The molecule has 2 rings (SSSR count). The molecule has 5 nitrogen and oxygen atoms in total. The molecule has 0 aliphatic carbocycles. The van der Waals surface area contributed by atoms with Gasteiger partial charge in [-0.1, -0.05) is 11.6 Å². The fourth-order valence-electron chi connectivity index (χ4n) is 1.25. The van der Waals surface area contributed by atoms with Crippen molar-refractivity contribution in [3.8, 4) is 0 Å². The van der Waals surface area contributed by atoms with Crippen LogP contribution in [-0.2, 0) is 10.0 Å². The highest BCUT2D eigenvalue weighted by Gasteiger charge is 2.18. The molecular weight excluding hydrogens is 342 g/mol. The van der Waals surface area contributed by atoms with Crippen LogP contribution in [0.1, 0.15) is 0 Å². The quantitative estimate of drug-likeness (QED) is 0.866. The Kier molecular flexibility index (Phi) is 3.84. The summed E-state index contributed by atoms with van der Waals surface area (Å²) < 4.78 is 27.1. The maximum Gasteiger partial charge on any atom is 0.265 e. The Morgan fingerprint density at radius 1 is 1.33 bits per heavy atom. The van der Waals surface area contributed by atoms with Crippen LogP contribution in [0.25, 0.3) is 0 Å². The third-order valence-electron chi connectivity index (χ3n) is 1.97. The first-order valence-electron chi connectivity index (χ1n) is 4.73. The van der Waals surface area contributed by atoms with Gasteiger partial charge >= 0.3 is 0 Å². The number of sulfonamides is 1. The fourth-order valence-corrected chi connectivity index (χ4v) is 3.10. The molecule has 0 aliphatic heterocycles. The molecule has 0 atom stereocenters. The van der Waals surface area contributed by atoms with E-state index in [9.17, 15) is 8.42 Å². The smallest absolute Gasteiger partial charge is 0.265 e. The van der Waals surface area contributed by atoms with E-state index < -0.39 is 10.0 Å². The third-order valence-corrected chi connectivity index (χ3v) is 4.23. The summed E-state index contributed by atoms with van der Waals surface area (Å²) in [6, 6.07) is 4.47. The third kappa shape index (κ3) is 2.98. The minimum Gasteiger partial charge on any atom is -0.278 e. The van der Waals surface area contributed by atoms with Crippen LogP contribution in [-0.4, -0.2) is 18.4 Å². The number of aromatic nitrogens is 2. The van der Waals surface area contributed by atoms with Gasteiger partial charge in [-0.05, 0) is 34.1 Å². The van der Waals surface area contributed by atoms with Crippen LogP contribution in [0.2, 0.25) is 5.15 Å². The Balaban J connectivity index is 2.37. The minimum absolute atomic E-state index is 0.0760. The molecule has 0 aromatic carbocycles. The van der Waals surface area contributed by atoms with Gasteiger partial charge in [0.2, 0.25) is 0 Å². The van der Waals surface area contributed by atoms with E-state index in [1.54, 1.807) is 12.3 Å². The molecule has 0 spiro atoms. The van der Waals surface area contributed by atoms with E-state index in [4.69, 9.17) is 11.6 Å². The second kappa shape index (κ2) is 5.21. The van der Waals surface area contributed by atoms with Crippen molar-refractivity contribution in [2.24, 2.45) is 0 Å². The molecule has 0 radical (unpaired) electrons. The van der Waals surface area contributed by atoms with E-state index in [1.165, 1.54) is 24.5 Å². The molecule has 2 aromatic heterocycles. The molecule has 0 saturated heterocycles. The number of hydrogen-bond acceptors (Lipinski definition) is 4. The first kappa shape index (κ1) is 13.3. The van der Waals surface area contributed by atoms with Gasteiger partial charge in [-0.3, -0.25) is 9.71 Å². The maximum atomic E-state index is 12.1. The Bertz CT molecular complexity index is 678. The van der Waals surface area contributed by atoms with Gasteiger partial charge in [0, 0.05) is 16.9 Å². The van der Waals surface area contributed by atoms with Gasteiger partial charge in [-0.15, -0.1) is 0 Å². The van der Waals surface area contributed by atoms with Crippen molar-refractivity contribution in [3.63, 3.8) is 0 Å². The molecule has 2 heterocycles. The van der Waals surface area contributed by atoms with Gasteiger partial charge < -0.3 is 0 Å². The highest BCUT2D eigenvalue weighted by Crippen LogP contribution is 2.22. The van der Waals surface area contributed by atoms with Crippen molar-refractivity contribution in [1.29, 1.82) is 0 Å². The molecule has 94 valence electrons. The van der Waals surface area contributed by atoms with Gasteiger partial charge in [-0.2, -0.15) is 0 Å². The number of pyridine rings is 2. The number of halogens is 2. The van der Waals surface area contributed by atoms with E-state index in [0.29, 0.717) is 10.2 Å². The second-order valence-electron chi connectivity index (χ2n) is 3.29. The number of nitrogens with one attached hydrogen (secondary N) is 1. The lowest BCUT2D eigenvalue weighted by Crippen LogP contribution is -2.14. The lowest BCUT2D eigenvalue weighted by molar-refractivity contribution is 0.601. The molecule has 0 amide bonds. The van der Waals surface area contributed by atoms with Gasteiger partial charge in [0.1, 0.15) is 10.0 Å². The molecule has 0 bridgehead atoms. The molecule has 1 N–H and O–H groups in total. The maximum absolute atomic E-state index is 12.1. The van der Waals surface area contributed by atoms with Crippen LogP contribution >= 0.6 is 27.5 Å². The summed E-state index contributed by atoms with van der Waals surface area (Å²) in [5.74, 6) is 0. The van der Waals surface area contributed by atoms with Crippen molar-refractivity contribution in [2.75, 3.05) is 4.72 Å². The fraction of sp³-hybridized carbons (Fsp3) is 0. The van der Waals surface area contributed by atoms with E-state index in [-0.39, 0.29) is 10.0 Å². The molecular formula is C10H7BrClN3O2S. The van der Waals surface area contributed by atoms with Crippen molar-refractivity contribution in [1.82, 2.24) is 9.97 Å². The first-order chi connectivity index (χ1) is 8.49. The lowest BCUT2D eigenvalue weighted by atomic mass is 10.4. The van der Waals surface area contributed by atoms with E-state index >= 15 is 0 Å². The van der Waals surface area contributed by atoms with E-state index in [1.807, 2.05) is 0 Å². The Hall–Kier alpha value is -1.18. The van der Waals surface area contributed by atoms with E-state index in [0.717, 1.165) is 0 Å². The average molecular weight is 349 g/mol. The van der Waals surface area contributed by atoms with Gasteiger partial charge in [0.25, 0.3) is 10.0 Å². The molecule has 2 aromatic rings. The summed E-state index contributed by atoms with van der Waals surface area (Å²) in [6.45, 7) is 0. The first-order valence-corrected chi connectivity index (χ1v) is 7.38. The van der Waals surface area contributed by atoms with E-state index in [2.05, 4.69) is 30.6 Å². The van der Waals surface area contributed by atoms with Crippen LogP contribution in [0.4, 0.5) is 5.69 Å². The zero-order valence-corrected chi connectivity index (χ0v) is 12.0. The number of anilines is 1. The highest BCUT2D eigenvalue weighted by atomic mass is 79.9. The van der Waals surface area contributed by atoms with Crippen molar-refractivity contribution in [3.05, 3.63) is 46.4 Å². The molecule has 8 heteroatoms. The highest BCUT2D eigenvalue weighted by molar-refractivity contribution is 9.10. The monoisotopic (exact) mass is 347 g/mol. The van der Waals surface area contributed by atoms with Gasteiger partial charge in [0.05, 0.1) is 11.9 Å². The molecule has 0 aliphatic rings.